The topological polar surface area (TPSA) is 264 Å². The van der Waals surface area contributed by atoms with Crippen LogP contribution in [0.25, 0.3) is 0 Å². The number of hydrogen-bond donors (Lipinski definition) is 5. The van der Waals surface area contributed by atoms with Gasteiger partial charge in [0.15, 0.2) is 10.1 Å². The number of fused-ring (bicyclic) bond motifs is 12. The molecule has 0 spiro atoms. The molecule has 8 saturated carbocycles. The van der Waals surface area contributed by atoms with E-state index in [1.54, 1.807) is 41.3 Å². The van der Waals surface area contributed by atoms with Gasteiger partial charge in [-0.05, 0) is 250 Å². The third kappa shape index (κ3) is 13.2. The Morgan fingerprint density at radius 2 is 0.946 bits per heavy atom. The highest BCUT2D eigenvalue weighted by atomic mass is 35.5. The number of carbonyl (C=O) groups is 4. The van der Waals surface area contributed by atoms with E-state index in [9.17, 15) is 36.0 Å². The molecule has 4 saturated heterocycles. The van der Waals surface area contributed by atoms with Crippen molar-refractivity contribution in [1.29, 1.82) is 0 Å². The molecule has 4 aromatic heterocycles. The van der Waals surface area contributed by atoms with Crippen LogP contribution in [0.15, 0.2) is 70.7 Å². The Kier molecular flexibility index (Phi) is 16.9. The quantitative estimate of drug-likeness (QED) is 0.116. The van der Waals surface area contributed by atoms with Crippen LogP contribution < -0.4 is 40.1 Å². The van der Waals surface area contributed by atoms with E-state index < -0.39 is 31.9 Å². The number of pyridine rings is 4. The van der Waals surface area contributed by atoms with Gasteiger partial charge in [0, 0.05) is 76.5 Å². The summed E-state index contributed by atoms with van der Waals surface area (Å²) < 4.78 is 56.6. The third-order valence-corrected chi connectivity index (χ3v) is 25.6. The van der Waals surface area contributed by atoms with Crippen LogP contribution in [-0.4, -0.2) is 147 Å². The normalized spacial score (nSPS) is 32.3. The Balaban J connectivity index is 0.000000135. The average molecular weight is 1330 g/mol. The third-order valence-electron chi connectivity index (χ3n) is 23.0. The number of aromatic nitrogens is 4. The summed E-state index contributed by atoms with van der Waals surface area (Å²) in [5.41, 5.74) is 0.540. The maximum atomic E-state index is 14.0. The molecule has 8 aliphatic carbocycles. The number of urea groups is 2. The average Bonchev–Trinajstić information content (AvgIpc) is 1.22. The van der Waals surface area contributed by atoms with Crippen LogP contribution >= 0.6 is 11.6 Å². The Bertz CT molecular complexity index is 3740. The molecule has 500 valence electrons. The van der Waals surface area contributed by atoms with Gasteiger partial charge < -0.3 is 35.6 Å². The molecule has 4 aromatic rings. The van der Waals surface area contributed by atoms with E-state index in [1.165, 1.54) is 101 Å². The maximum Gasteiger partial charge on any atom is 0.325 e. The fourth-order valence-electron chi connectivity index (χ4n) is 20.1. The molecule has 0 unspecified atom stereocenters. The summed E-state index contributed by atoms with van der Waals surface area (Å²) in [5.74, 6) is 6.97. The van der Waals surface area contributed by atoms with Gasteiger partial charge in [0.05, 0.1) is 11.1 Å². The minimum atomic E-state index is -4.25. The van der Waals surface area contributed by atoms with Gasteiger partial charge in [-0.1, -0.05) is 23.7 Å². The first-order chi connectivity index (χ1) is 44.3. The van der Waals surface area contributed by atoms with Crippen LogP contribution in [0.5, 0.6) is 0 Å². The van der Waals surface area contributed by atoms with E-state index >= 15 is 0 Å². The predicted octanol–water partition coefficient (Wildman–Crippen LogP) is 10.2. The first-order valence-corrected chi connectivity index (χ1v) is 37.6. The van der Waals surface area contributed by atoms with Gasteiger partial charge in [-0.3, -0.25) is 14.5 Å². The second-order valence-electron chi connectivity index (χ2n) is 31.1. The fraction of sp³-hybridized carbons (Fsp3) is 0.647. The van der Waals surface area contributed by atoms with Crippen molar-refractivity contribution < 1.29 is 36.0 Å². The van der Waals surface area contributed by atoms with Gasteiger partial charge in [-0.15, -0.1) is 0 Å². The molecular weight excluding hydrogens is 1240 g/mol. The zero-order valence-corrected chi connectivity index (χ0v) is 56.6. The Morgan fingerprint density at radius 1 is 0.495 bits per heavy atom. The maximum absolute atomic E-state index is 14.0. The van der Waals surface area contributed by atoms with Crippen LogP contribution in [0.3, 0.4) is 0 Å². The largest absolute Gasteiger partial charge is 0.370 e. The number of nitrogens with one attached hydrogen (secondary N) is 5. The van der Waals surface area contributed by atoms with E-state index in [0.29, 0.717) is 79.1 Å². The summed E-state index contributed by atoms with van der Waals surface area (Å²) in [6, 6.07) is 15.9. The molecular formula is C68H91ClN14O8S2. The van der Waals surface area contributed by atoms with E-state index in [1.807, 2.05) is 4.90 Å². The van der Waals surface area contributed by atoms with E-state index in [-0.39, 0.29) is 54.9 Å². The standard InChI is InChI=1S/C34H45N7O4S.C20H24ClN5O3S.C14H22N2O/c1-33(2)16-22-5-4-10-35-27-6-3-7-29(36-27)46(44,45)38-31(42)26-8-9-28(37-30(26)41(33)20-22)40-12-11-39(32(40)43)21-34-17-23-13-24(18-34)15-25(14-23)19-34;1-20(2)11-13-5-4-10-22-16-6-3-7-17(24-16)30(28,29)25-19(27)14-8-9-15(21)23-18(14)26(20)12-13;17-13-15-1-2-16(13)9-14-6-10-3-11(7-14)5-12(4-10)8-14/h3,6-9,22-25H,4-5,10-21H2,1-2H3,(H,35,36)(H,38,42);3,6-9,13H,4-5,10-12H2,1-2H3,(H,22,24)(H,25,27);10-12H,1-9H2,(H,15,17)/t22-,23?,24?,25?,34?;13-;/m00./s1. The van der Waals surface area contributed by atoms with Crippen molar-refractivity contribution in [1.82, 2.24) is 44.5 Å². The predicted molar refractivity (Wildman–Crippen MR) is 356 cm³/mol. The summed E-state index contributed by atoms with van der Waals surface area (Å²) in [5, 5.41) is 9.15. The minimum Gasteiger partial charge on any atom is -0.370 e. The second-order valence-corrected chi connectivity index (χ2v) is 34.8. The fourth-order valence-corrected chi connectivity index (χ4v) is 22.1. The van der Waals surface area contributed by atoms with Crippen LogP contribution in [-0.2, 0) is 20.0 Å². The smallest absolute Gasteiger partial charge is 0.325 e. The minimum absolute atomic E-state index is 0.0237. The molecule has 5 N–H and O–H groups in total. The number of anilines is 5. The van der Waals surface area contributed by atoms with E-state index in [2.05, 4.69) is 82.7 Å². The summed E-state index contributed by atoms with van der Waals surface area (Å²) in [7, 11) is -8.40. The zero-order valence-electron chi connectivity index (χ0n) is 54.2. The number of rotatable bonds is 5. The van der Waals surface area contributed by atoms with E-state index in [0.717, 1.165) is 107 Å². The number of hydrogen-bond acceptors (Lipinski definition) is 16. The van der Waals surface area contributed by atoms with Crippen molar-refractivity contribution in [2.24, 2.45) is 58.2 Å². The van der Waals surface area contributed by atoms with E-state index in [4.69, 9.17) is 16.6 Å². The molecule has 0 aromatic carbocycles. The molecule has 10 heterocycles. The first-order valence-electron chi connectivity index (χ1n) is 34.2. The highest BCUT2D eigenvalue weighted by Crippen LogP contribution is 2.62. The second kappa shape index (κ2) is 24.6. The molecule has 14 aliphatic rings. The lowest BCUT2D eigenvalue weighted by Gasteiger charge is -2.57. The van der Waals surface area contributed by atoms with Crippen molar-refractivity contribution >= 4 is 84.6 Å². The summed E-state index contributed by atoms with van der Waals surface area (Å²) in [6.45, 7) is 16.1. The van der Waals surface area contributed by atoms with Gasteiger partial charge in [-0.2, -0.15) is 16.8 Å². The van der Waals surface area contributed by atoms with Crippen LogP contribution in [0.4, 0.5) is 38.7 Å². The van der Waals surface area contributed by atoms with Crippen LogP contribution in [0.2, 0.25) is 5.15 Å². The van der Waals surface area contributed by atoms with Crippen LogP contribution in [0, 0.1) is 58.2 Å². The van der Waals surface area contributed by atoms with Crippen molar-refractivity contribution in [3.8, 4) is 0 Å². The molecule has 25 heteroatoms. The highest BCUT2D eigenvalue weighted by Gasteiger charge is 2.54. The Morgan fingerprint density at radius 3 is 1.41 bits per heavy atom. The molecule has 18 rings (SSSR count). The van der Waals surface area contributed by atoms with Gasteiger partial charge in [-0.25, -0.2) is 39.0 Å². The summed E-state index contributed by atoms with van der Waals surface area (Å²) >= 11 is 6.14. The molecule has 12 fully saturated rings. The monoisotopic (exact) mass is 1330 g/mol. The Labute approximate surface area is 552 Å². The summed E-state index contributed by atoms with van der Waals surface area (Å²) in [4.78, 5) is 80.3. The lowest BCUT2D eigenvalue weighted by Crippen LogP contribution is -2.51. The van der Waals surface area contributed by atoms with Crippen molar-refractivity contribution in [2.75, 3.05) is 90.8 Å². The molecule has 16 bridgehead atoms. The molecule has 93 heavy (non-hydrogen) atoms. The van der Waals surface area contributed by atoms with Crippen LogP contribution in [0.1, 0.15) is 164 Å². The van der Waals surface area contributed by atoms with Gasteiger partial charge in [0.25, 0.3) is 31.9 Å². The van der Waals surface area contributed by atoms with Gasteiger partial charge in [0.1, 0.15) is 34.2 Å². The SMILES string of the molecule is CC1(C)C[C@@H]2CCCNc3cccc(n3)S(=O)(=O)NC(=O)c3ccc(Cl)nc3N1C2.CC1(C)C[C@@H]2CCCNc3cccc(n3)S(=O)(=O)NC(=O)c3ccc(N4CCN(CC56CC7CC(CC(C7)C5)C6)C4=O)nc3N1C2.O=C1NCCN1CC12CC3CC(CC(C3)C1)C2. The van der Waals surface area contributed by atoms with Crippen molar-refractivity contribution in [2.45, 2.75) is 164 Å². The lowest BCUT2D eigenvalue weighted by molar-refractivity contribution is -0.0622. The first kappa shape index (κ1) is 63.8. The van der Waals surface area contributed by atoms with Crippen molar-refractivity contribution in [3.63, 3.8) is 0 Å². The molecule has 6 amide bonds. The molecule has 6 aliphatic heterocycles. The molecule has 22 nitrogen and oxygen atoms in total. The lowest BCUT2D eigenvalue weighted by atomic mass is 9.49. The number of sulfonamides is 2. The summed E-state index contributed by atoms with van der Waals surface area (Å²) in [6.07, 6.45) is 22.2. The molecule has 0 radical (unpaired) electrons. The number of carbonyl (C=O) groups excluding carboxylic acids is 4. The highest BCUT2D eigenvalue weighted by molar-refractivity contribution is 7.90. The van der Waals surface area contributed by atoms with Gasteiger partial charge in [0.2, 0.25) is 0 Å². The van der Waals surface area contributed by atoms with Crippen molar-refractivity contribution in [3.05, 3.63) is 76.9 Å². The number of amides is 6. The Hall–Kier alpha value is -6.53. The molecule has 2 atom stereocenters. The number of halogens is 1. The number of nitrogens with zero attached hydrogens (tertiary/aromatic N) is 9. The van der Waals surface area contributed by atoms with Gasteiger partial charge >= 0.3 is 12.1 Å². The zero-order chi connectivity index (χ0) is 64.8.